The maximum absolute atomic E-state index is 12.9. The van der Waals surface area contributed by atoms with Crippen LogP contribution in [0.15, 0.2) is 36.4 Å². The van der Waals surface area contributed by atoms with E-state index in [4.69, 9.17) is 0 Å². The van der Waals surface area contributed by atoms with Gasteiger partial charge in [0.05, 0.1) is 0 Å². The van der Waals surface area contributed by atoms with Crippen LogP contribution in [0.3, 0.4) is 0 Å². The van der Waals surface area contributed by atoms with E-state index in [-0.39, 0.29) is 5.91 Å². The molecule has 0 saturated heterocycles. The van der Waals surface area contributed by atoms with E-state index in [1.807, 2.05) is 27.0 Å². The summed E-state index contributed by atoms with van der Waals surface area (Å²) < 4.78 is 1.73. The zero-order valence-electron chi connectivity index (χ0n) is 16.3. The molecule has 0 bridgehead atoms. The van der Waals surface area contributed by atoms with E-state index in [0.29, 0.717) is 23.9 Å². The predicted octanol–water partition coefficient (Wildman–Crippen LogP) is 2.47. The number of hydrogen-bond acceptors (Lipinski definition) is 4. The van der Waals surface area contributed by atoms with Gasteiger partial charge in [0.15, 0.2) is 11.3 Å². The van der Waals surface area contributed by atoms with Crippen molar-refractivity contribution >= 4 is 11.6 Å². The third-order valence-electron chi connectivity index (χ3n) is 5.40. The molecule has 0 N–H and O–H groups in total. The highest BCUT2D eigenvalue weighted by Gasteiger charge is 2.26. The minimum atomic E-state index is -0.0650. The number of fused-ring (bicyclic) bond motifs is 2. The second-order valence-corrected chi connectivity index (χ2v) is 7.57. The van der Waals surface area contributed by atoms with Crippen molar-refractivity contribution in [2.75, 3.05) is 20.6 Å². The molecule has 1 aromatic carbocycles. The molecule has 3 aromatic rings. The summed E-state index contributed by atoms with van der Waals surface area (Å²) in [4.78, 5) is 21.5. The van der Waals surface area contributed by atoms with Gasteiger partial charge in [0.1, 0.15) is 0 Å². The summed E-state index contributed by atoms with van der Waals surface area (Å²) in [6.07, 6.45) is 0.954. The molecule has 0 saturated carbocycles. The van der Waals surface area contributed by atoms with Crippen LogP contribution in [-0.4, -0.2) is 57.0 Å². The second kappa shape index (κ2) is 6.78. The van der Waals surface area contributed by atoms with Crippen molar-refractivity contribution < 1.29 is 4.79 Å². The number of likely N-dealkylation sites (N-methyl/N-ethyl adjacent to an activating group) is 2. The van der Waals surface area contributed by atoms with Crippen molar-refractivity contribution in [3.8, 4) is 0 Å². The van der Waals surface area contributed by atoms with Crippen LogP contribution < -0.4 is 0 Å². The van der Waals surface area contributed by atoms with E-state index in [0.717, 1.165) is 24.4 Å². The van der Waals surface area contributed by atoms with Gasteiger partial charge in [-0.25, -0.2) is 9.50 Å². The number of nitrogens with zero attached hydrogens (tertiary/aromatic N) is 5. The Morgan fingerprint density at radius 2 is 1.96 bits per heavy atom. The van der Waals surface area contributed by atoms with Gasteiger partial charge in [-0.3, -0.25) is 9.69 Å². The Hall–Kier alpha value is -2.73. The molecule has 0 spiro atoms. The van der Waals surface area contributed by atoms with Crippen LogP contribution in [0, 0.1) is 13.8 Å². The normalized spacial score (nSPS) is 17.1. The molecule has 0 unspecified atom stereocenters. The molecule has 1 aliphatic rings. The Labute approximate surface area is 159 Å². The zero-order valence-corrected chi connectivity index (χ0v) is 16.3. The van der Waals surface area contributed by atoms with Crippen molar-refractivity contribution in [2.24, 2.45) is 0 Å². The van der Waals surface area contributed by atoms with Gasteiger partial charge in [0.25, 0.3) is 5.91 Å². The zero-order chi connectivity index (χ0) is 19.1. The minimum Gasteiger partial charge on any atom is -0.339 e. The van der Waals surface area contributed by atoms with Crippen molar-refractivity contribution in [2.45, 2.75) is 32.9 Å². The lowest BCUT2D eigenvalue weighted by Crippen LogP contribution is -2.46. The fraction of sp³-hybridized carbons (Fsp3) is 0.381. The van der Waals surface area contributed by atoms with E-state index in [9.17, 15) is 4.79 Å². The van der Waals surface area contributed by atoms with Crippen molar-refractivity contribution in [1.82, 2.24) is 24.4 Å². The molecule has 1 amide bonds. The van der Waals surface area contributed by atoms with E-state index in [1.165, 1.54) is 11.1 Å². The first kappa shape index (κ1) is 17.7. The third-order valence-corrected chi connectivity index (χ3v) is 5.40. The Morgan fingerprint density at radius 1 is 1.22 bits per heavy atom. The van der Waals surface area contributed by atoms with Gasteiger partial charge in [0, 0.05) is 43.6 Å². The summed E-state index contributed by atoms with van der Waals surface area (Å²) in [5, 5.41) is 4.47. The molecule has 0 fully saturated rings. The molecule has 1 atom stereocenters. The van der Waals surface area contributed by atoms with E-state index in [1.54, 1.807) is 15.5 Å². The largest absolute Gasteiger partial charge is 0.339 e. The average molecular weight is 363 g/mol. The molecule has 27 heavy (non-hydrogen) atoms. The first-order valence-corrected chi connectivity index (χ1v) is 9.29. The van der Waals surface area contributed by atoms with Crippen LogP contribution in [0.1, 0.15) is 33.0 Å². The molecule has 4 rings (SSSR count). The quantitative estimate of drug-likeness (QED) is 0.717. The Morgan fingerprint density at radius 3 is 2.74 bits per heavy atom. The van der Waals surface area contributed by atoms with E-state index >= 15 is 0 Å². The van der Waals surface area contributed by atoms with Crippen LogP contribution in [-0.2, 0) is 13.0 Å². The molecule has 2 aromatic heterocycles. The second-order valence-electron chi connectivity index (χ2n) is 7.57. The lowest BCUT2D eigenvalue weighted by molar-refractivity contribution is 0.0727. The Bertz CT molecular complexity index is 1010. The van der Waals surface area contributed by atoms with Crippen molar-refractivity contribution in [1.29, 1.82) is 0 Å². The summed E-state index contributed by atoms with van der Waals surface area (Å²) >= 11 is 0. The monoisotopic (exact) mass is 363 g/mol. The fourth-order valence-electron chi connectivity index (χ4n) is 3.91. The van der Waals surface area contributed by atoms with Gasteiger partial charge >= 0.3 is 0 Å². The fourth-order valence-corrected chi connectivity index (χ4v) is 3.91. The maximum atomic E-state index is 12.9. The summed E-state index contributed by atoms with van der Waals surface area (Å²) in [7, 11) is 3.98. The summed E-state index contributed by atoms with van der Waals surface area (Å²) in [6, 6.07) is 12.6. The summed E-state index contributed by atoms with van der Waals surface area (Å²) in [5.41, 5.74) is 5.81. The summed E-state index contributed by atoms with van der Waals surface area (Å²) in [6.45, 7) is 5.51. The van der Waals surface area contributed by atoms with Crippen LogP contribution in [0.25, 0.3) is 5.65 Å². The van der Waals surface area contributed by atoms with Crippen molar-refractivity contribution in [3.05, 3.63) is 64.6 Å². The highest BCUT2D eigenvalue weighted by molar-refractivity contribution is 5.93. The highest BCUT2D eigenvalue weighted by Crippen LogP contribution is 2.22. The topological polar surface area (TPSA) is 53.7 Å². The first-order valence-electron chi connectivity index (χ1n) is 9.29. The Balaban J connectivity index is 1.52. The maximum Gasteiger partial charge on any atom is 0.274 e. The number of aryl methyl sites for hydroxylation is 2. The lowest BCUT2D eigenvalue weighted by atomic mass is 9.94. The SMILES string of the molecule is Cc1cc(C)n2nc(C(=O)N(C)C[C@H]3Cc4ccccc4CN3C)cc2n1. The number of hydrogen-bond donors (Lipinski definition) is 0. The number of rotatable bonds is 3. The number of carbonyl (C=O) groups is 1. The number of aromatic nitrogens is 3. The highest BCUT2D eigenvalue weighted by atomic mass is 16.2. The van der Waals surface area contributed by atoms with Gasteiger partial charge in [-0.2, -0.15) is 5.10 Å². The van der Waals surface area contributed by atoms with Crippen molar-refractivity contribution in [3.63, 3.8) is 0 Å². The number of benzene rings is 1. The van der Waals surface area contributed by atoms with Gasteiger partial charge in [-0.1, -0.05) is 24.3 Å². The molecule has 140 valence electrons. The van der Waals surface area contributed by atoms with Gasteiger partial charge in [0.2, 0.25) is 0 Å². The molecular weight excluding hydrogens is 338 g/mol. The summed E-state index contributed by atoms with van der Waals surface area (Å²) in [5.74, 6) is -0.0650. The van der Waals surface area contributed by atoms with Crippen LogP contribution in [0.2, 0.25) is 0 Å². The molecule has 6 heteroatoms. The van der Waals surface area contributed by atoms with Gasteiger partial charge < -0.3 is 4.90 Å². The molecule has 6 nitrogen and oxygen atoms in total. The third kappa shape index (κ3) is 3.32. The minimum absolute atomic E-state index is 0.0650. The van der Waals surface area contributed by atoms with E-state index in [2.05, 4.69) is 46.3 Å². The van der Waals surface area contributed by atoms with Crippen LogP contribution in [0.4, 0.5) is 0 Å². The van der Waals surface area contributed by atoms with E-state index < -0.39 is 0 Å². The van der Waals surface area contributed by atoms with Gasteiger partial charge in [-0.05, 0) is 44.5 Å². The predicted molar refractivity (Wildman–Crippen MR) is 105 cm³/mol. The molecule has 0 radical (unpaired) electrons. The first-order chi connectivity index (χ1) is 12.9. The number of carbonyl (C=O) groups excluding carboxylic acids is 1. The molecule has 0 aliphatic carbocycles. The number of amides is 1. The molecule has 3 heterocycles. The molecular formula is C21H25N5O. The average Bonchev–Trinajstić information content (AvgIpc) is 3.06. The van der Waals surface area contributed by atoms with Crippen LogP contribution >= 0.6 is 0 Å². The van der Waals surface area contributed by atoms with Gasteiger partial charge in [-0.15, -0.1) is 0 Å². The van der Waals surface area contributed by atoms with Crippen LogP contribution in [0.5, 0.6) is 0 Å². The molecule has 1 aliphatic heterocycles. The standard InChI is InChI=1S/C21H25N5O/c1-14-9-15(2)26-20(22-14)11-19(23-26)21(27)25(4)13-18-10-16-7-5-6-8-17(16)12-24(18)3/h5-9,11,18H,10,12-13H2,1-4H3/t18-/m1/s1. The lowest BCUT2D eigenvalue weighted by Gasteiger charge is -2.36. The smallest absolute Gasteiger partial charge is 0.274 e. The Kier molecular flexibility index (Phi) is 4.44.